The Morgan fingerprint density at radius 3 is 2.37 bits per heavy atom. The summed E-state index contributed by atoms with van der Waals surface area (Å²) in [5.74, 6) is 0.130. The molecule has 0 heterocycles. The van der Waals surface area contributed by atoms with Crippen LogP contribution in [0.1, 0.15) is 0 Å². The molecule has 134 valence electrons. The number of carbonyl (C=O) groups is 1. The number of phenols is 1. The van der Waals surface area contributed by atoms with Gasteiger partial charge in [-0.25, -0.2) is 4.79 Å². The molecule has 0 bridgehead atoms. The number of halogens is 2. The molecular weight excluding hydrogens is 472 g/mol. The number of amides is 2. The van der Waals surface area contributed by atoms with Crippen molar-refractivity contribution < 1.29 is 9.90 Å². The van der Waals surface area contributed by atoms with Gasteiger partial charge in [-0.1, -0.05) is 46.3 Å². The van der Waals surface area contributed by atoms with Gasteiger partial charge >= 0.3 is 6.03 Å². The molecule has 6 heteroatoms. The maximum atomic E-state index is 12.6. The summed E-state index contributed by atoms with van der Waals surface area (Å²) >= 11 is 6.99. The normalized spacial score (nSPS) is 10.9. The second kappa shape index (κ2) is 7.21. The van der Waals surface area contributed by atoms with E-state index in [1.807, 2.05) is 48.5 Å². The molecule has 0 aliphatic rings. The monoisotopic (exact) mass is 484 g/mol. The van der Waals surface area contributed by atoms with Crippen LogP contribution in [0.5, 0.6) is 5.75 Å². The molecule has 4 aromatic carbocycles. The molecule has 2 amide bonds. The van der Waals surface area contributed by atoms with Crippen molar-refractivity contribution in [1.29, 1.82) is 0 Å². The van der Waals surface area contributed by atoms with Crippen LogP contribution in [-0.2, 0) is 0 Å². The van der Waals surface area contributed by atoms with Crippen molar-refractivity contribution in [2.45, 2.75) is 0 Å². The molecule has 3 N–H and O–H groups in total. The first kappa shape index (κ1) is 17.8. The lowest BCUT2D eigenvalue weighted by molar-refractivity contribution is 0.262. The van der Waals surface area contributed by atoms with Crippen molar-refractivity contribution in [2.24, 2.45) is 0 Å². The largest absolute Gasteiger partial charge is 0.508 e. The second-order valence-corrected chi connectivity index (χ2v) is 7.79. The third kappa shape index (κ3) is 3.63. The number of anilines is 2. The van der Waals surface area contributed by atoms with E-state index in [2.05, 4.69) is 42.5 Å². The third-order valence-corrected chi connectivity index (χ3v) is 5.55. The number of nitrogens with one attached hydrogen (secondary N) is 2. The van der Waals surface area contributed by atoms with E-state index in [0.717, 1.165) is 26.0 Å². The van der Waals surface area contributed by atoms with E-state index >= 15 is 0 Å². The van der Waals surface area contributed by atoms with Gasteiger partial charge in [0.2, 0.25) is 0 Å². The lowest BCUT2D eigenvalue weighted by Crippen LogP contribution is -2.19. The molecule has 0 aliphatic carbocycles. The summed E-state index contributed by atoms with van der Waals surface area (Å²) in [7, 11) is 0. The summed E-state index contributed by atoms with van der Waals surface area (Å²) in [6.45, 7) is 0. The number of benzene rings is 4. The molecule has 0 unspecified atom stereocenters. The summed E-state index contributed by atoms with van der Waals surface area (Å²) in [5.41, 5.74) is 1.29. The minimum Gasteiger partial charge on any atom is -0.508 e. The van der Waals surface area contributed by atoms with Crippen molar-refractivity contribution in [3.8, 4) is 5.75 Å². The molecule has 4 rings (SSSR count). The number of phenolic OH excluding ortho intramolecular Hbond substituents is 1. The quantitative estimate of drug-likeness (QED) is 0.290. The van der Waals surface area contributed by atoms with Crippen molar-refractivity contribution in [2.75, 3.05) is 10.6 Å². The molecule has 0 saturated carbocycles. The Labute approximate surface area is 172 Å². The molecule has 27 heavy (non-hydrogen) atoms. The van der Waals surface area contributed by atoms with E-state index in [1.54, 1.807) is 18.2 Å². The summed E-state index contributed by atoms with van der Waals surface area (Å²) in [6, 6.07) is 20.3. The van der Waals surface area contributed by atoms with Crippen LogP contribution in [0.2, 0.25) is 0 Å². The SMILES string of the molecule is O=C(Nc1ccc2ccccc2c1)Nc1c(Br)cc(Br)c2ccc(O)cc12. The van der Waals surface area contributed by atoms with Gasteiger partial charge in [-0.2, -0.15) is 0 Å². The number of urea groups is 1. The van der Waals surface area contributed by atoms with Gasteiger partial charge in [0.05, 0.1) is 5.69 Å². The van der Waals surface area contributed by atoms with Crippen LogP contribution in [0.25, 0.3) is 21.5 Å². The van der Waals surface area contributed by atoms with Crippen LogP contribution in [0.4, 0.5) is 16.2 Å². The van der Waals surface area contributed by atoms with Gasteiger partial charge in [0.15, 0.2) is 0 Å². The molecule has 0 radical (unpaired) electrons. The number of hydrogen-bond donors (Lipinski definition) is 3. The van der Waals surface area contributed by atoms with Gasteiger partial charge in [0.1, 0.15) is 5.75 Å². The van der Waals surface area contributed by atoms with E-state index in [4.69, 9.17) is 0 Å². The first-order chi connectivity index (χ1) is 13.0. The van der Waals surface area contributed by atoms with Crippen molar-refractivity contribution in [3.05, 3.63) is 75.7 Å². The fraction of sp³-hybridized carbons (Fsp3) is 0. The second-order valence-electron chi connectivity index (χ2n) is 6.09. The van der Waals surface area contributed by atoms with Crippen LogP contribution in [0, 0.1) is 0 Å². The Hall–Kier alpha value is -2.57. The van der Waals surface area contributed by atoms with Crippen molar-refractivity contribution in [1.82, 2.24) is 0 Å². The zero-order valence-electron chi connectivity index (χ0n) is 14.0. The Balaban J connectivity index is 1.65. The van der Waals surface area contributed by atoms with E-state index < -0.39 is 0 Å². The highest BCUT2D eigenvalue weighted by Gasteiger charge is 2.13. The highest BCUT2D eigenvalue weighted by atomic mass is 79.9. The Morgan fingerprint density at radius 1 is 0.778 bits per heavy atom. The first-order valence-electron chi connectivity index (χ1n) is 8.19. The summed E-state index contributed by atoms with van der Waals surface area (Å²) in [4.78, 5) is 12.6. The summed E-state index contributed by atoms with van der Waals surface area (Å²) in [5, 5.41) is 19.4. The number of fused-ring (bicyclic) bond motifs is 2. The zero-order chi connectivity index (χ0) is 19.0. The fourth-order valence-corrected chi connectivity index (χ4v) is 4.43. The molecule has 4 nitrogen and oxygen atoms in total. The van der Waals surface area contributed by atoms with E-state index in [0.29, 0.717) is 15.8 Å². The van der Waals surface area contributed by atoms with Crippen LogP contribution in [-0.4, -0.2) is 11.1 Å². The average molecular weight is 486 g/mol. The highest BCUT2D eigenvalue weighted by molar-refractivity contribution is 9.11. The first-order valence-corrected chi connectivity index (χ1v) is 9.77. The maximum Gasteiger partial charge on any atom is 0.323 e. The summed E-state index contributed by atoms with van der Waals surface area (Å²) in [6.07, 6.45) is 0. The Kier molecular flexibility index (Phi) is 4.76. The molecule has 0 aliphatic heterocycles. The van der Waals surface area contributed by atoms with Crippen LogP contribution in [0.15, 0.2) is 75.7 Å². The van der Waals surface area contributed by atoms with E-state index in [-0.39, 0.29) is 11.8 Å². The van der Waals surface area contributed by atoms with Gasteiger partial charge < -0.3 is 15.7 Å². The highest BCUT2D eigenvalue weighted by Crippen LogP contribution is 2.38. The molecule has 4 aromatic rings. The van der Waals surface area contributed by atoms with Gasteiger partial charge in [0.25, 0.3) is 0 Å². The lowest BCUT2D eigenvalue weighted by Gasteiger charge is -2.14. The minimum absolute atomic E-state index is 0.130. The topological polar surface area (TPSA) is 61.4 Å². The van der Waals surface area contributed by atoms with Crippen molar-refractivity contribution in [3.63, 3.8) is 0 Å². The number of carbonyl (C=O) groups excluding carboxylic acids is 1. The molecule has 0 aromatic heterocycles. The zero-order valence-corrected chi connectivity index (χ0v) is 17.1. The van der Waals surface area contributed by atoms with Crippen LogP contribution < -0.4 is 10.6 Å². The average Bonchev–Trinajstić information content (AvgIpc) is 2.65. The Bertz CT molecular complexity index is 1190. The molecule has 0 spiro atoms. The van der Waals surface area contributed by atoms with Crippen LogP contribution in [0.3, 0.4) is 0 Å². The van der Waals surface area contributed by atoms with Gasteiger partial charge in [-0.05, 0) is 68.5 Å². The fourth-order valence-electron chi connectivity index (χ4n) is 3.01. The maximum absolute atomic E-state index is 12.6. The van der Waals surface area contributed by atoms with E-state index in [1.165, 1.54) is 0 Å². The molecule has 0 saturated heterocycles. The number of hydrogen-bond acceptors (Lipinski definition) is 2. The lowest BCUT2D eigenvalue weighted by atomic mass is 10.1. The molecule has 0 atom stereocenters. The number of aromatic hydroxyl groups is 1. The Morgan fingerprint density at radius 2 is 1.56 bits per heavy atom. The van der Waals surface area contributed by atoms with Gasteiger partial charge in [-0.15, -0.1) is 0 Å². The van der Waals surface area contributed by atoms with E-state index in [9.17, 15) is 9.90 Å². The standard InChI is InChI=1S/C21H14Br2N2O2/c22-18-11-19(23)20(17-10-15(26)7-8-16(17)18)25-21(27)24-14-6-5-12-3-1-2-4-13(12)9-14/h1-11,26H,(H2,24,25,27). The van der Waals surface area contributed by atoms with Gasteiger partial charge in [0, 0.05) is 20.0 Å². The third-order valence-electron chi connectivity index (χ3n) is 4.27. The van der Waals surface area contributed by atoms with Crippen molar-refractivity contribution >= 4 is 70.8 Å². The van der Waals surface area contributed by atoms with Crippen LogP contribution >= 0.6 is 31.9 Å². The molecule has 0 fully saturated rings. The minimum atomic E-state index is -0.363. The number of rotatable bonds is 2. The predicted molar refractivity (Wildman–Crippen MR) is 118 cm³/mol. The predicted octanol–water partition coefficient (Wildman–Crippen LogP) is 6.87. The molecular formula is C21H14Br2N2O2. The smallest absolute Gasteiger partial charge is 0.323 e. The van der Waals surface area contributed by atoms with Gasteiger partial charge in [-0.3, -0.25) is 0 Å². The summed E-state index contributed by atoms with van der Waals surface area (Å²) < 4.78 is 1.57.